The van der Waals surface area contributed by atoms with E-state index in [1.165, 1.54) is 26.3 Å². The fourth-order valence-electron chi connectivity index (χ4n) is 13.1. The third kappa shape index (κ3) is 9.84. The first-order valence-corrected chi connectivity index (χ1v) is 24.9. The van der Waals surface area contributed by atoms with Gasteiger partial charge in [0.25, 0.3) is 0 Å². The van der Waals surface area contributed by atoms with Crippen molar-refractivity contribution in [2.45, 2.75) is 223 Å². The topological polar surface area (TPSA) is 318 Å². The van der Waals surface area contributed by atoms with Crippen molar-refractivity contribution in [3.05, 3.63) is 11.6 Å². The van der Waals surface area contributed by atoms with Crippen molar-refractivity contribution in [1.29, 1.82) is 0 Å². The van der Waals surface area contributed by atoms with Gasteiger partial charge in [-0.15, -0.1) is 0 Å². The maximum absolute atomic E-state index is 13.1. The average Bonchev–Trinajstić information content (AvgIpc) is 3.58. The first-order valence-electron chi connectivity index (χ1n) is 23.6. The summed E-state index contributed by atoms with van der Waals surface area (Å²) in [4.78, 5) is 13.1. The van der Waals surface area contributed by atoms with Crippen LogP contribution in [0.2, 0.25) is 0 Å². The Morgan fingerprint density at radius 3 is 2.08 bits per heavy atom. The first-order chi connectivity index (χ1) is 30.5. The van der Waals surface area contributed by atoms with Crippen molar-refractivity contribution in [3.8, 4) is 0 Å². The van der Waals surface area contributed by atoms with E-state index in [-0.39, 0.29) is 42.3 Å². The van der Waals surface area contributed by atoms with Gasteiger partial charge in [0.05, 0.1) is 30.0 Å². The number of carbonyl (C=O) groups is 1. The highest BCUT2D eigenvalue weighted by molar-refractivity contribution is 7.80. The van der Waals surface area contributed by atoms with Crippen molar-refractivity contribution in [3.63, 3.8) is 0 Å². The number of fused-ring (bicyclic) bond motifs is 5. The summed E-state index contributed by atoms with van der Waals surface area (Å²) in [7, 11) is -4.83. The van der Waals surface area contributed by atoms with Gasteiger partial charge in [-0.25, -0.2) is 4.18 Å². The van der Waals surface area contributed by atoms with Crippen LogP contribution in [-0.2, 0) is 47.8 Å². The predicted molar refractivity (Wildman–Crippen MR) is 228 cm³/mol. The molecule has 7 aliphatic rings. The van der Waals surface area contributed by atoms with Crippen LogP contribution < -0.4 is 0 Å². The molecule has 0 aromatic carbocycles. The van der Waals surface area contributed by atoms with Gasteiger partial charge in [-0.05, 0) is 113 Å². The number of allylic oxidation sites excluding steroid dienone is 2. The van der Waals surface area contributed by atoms with Crippen LogP contribution in [0, 0.1) is 40.4 Å². The Morgan fingerprint density at radius 1 is 0.818 bits per heavy atom. The van der Waals surface area contributed by atoms with Crippen LogP contribution in [0.5, 0.6) is 0 Å². The third-order valence-corrected chi connectivity index (χ3v) is 17.1. The fraction of sp³-hybridized carbons (Fsp3) is 0.933. The summed E-state index contributed by atoms with van der Waals surface area (Å²) in [6, 6.07) is 0. The second kappa shape index (κ2) is 19.0. The number of aliphatic hydroxyl groups excluding tert-OH is 6. The molecule has 6 fully saturated rings. The molecule has 3 saturated carbocycles. The lowest BCUT2D eigenvalue weighted by Crippen LogP contribution is -2.70. The van der Waals surface area contributed by atoms with Crippen LogP contribution in [0.4, 0.5) is 0 Å². The summed E-state index contributed by atoms with van der Waals surface area (Å²) >= 11 is 0. The minimum atomic E-state index is -4.83. The third-order valence-electron chi connectivity index (χ3n) is 16.6. The molecule has 66 heavy (non-hydrogen) atoms. The maximum Gasteiger partial charge on any atom is 0.397 e. The van der Waals surface area contributed by atoms with E-state index in [1.54, 1.807) is 6.92 Å². The van der Waals surface area contributed by atoms with Gasteiger partial charge in [0.15, 0.2) is 18.9 Å². The zero-order valence-electron chi connectivity index (χ0n) is 39.0. The monoisotopic (exact) mass is 966 g/mol. The summed E-state index contributed by atoms with van der Waals surface area (Å²) in [5, 5.41) is 101. The molecule has 21 heteroatoms. The summed E-state index contributed by atoms with van der Waals surface area (Å²) in [5.74, 6) is -3.58. The van der Waals surface area contributed by atoms with E-state index in [9.17, 15) is 63.7 Å². The van der Waals surface area contributed by atoms with Crippen LogP contribution in [0.15, 0.2) is 11.6 Å². The molecule has 3 heterocycles. The van der Waals surface area contributed by atoms with Gasteiger partial charge >= 0.3 is 10.4 Å². The summed E-state index contributed by atoms with van der Waals surface area (Å²) < 4.78 is 75.0. The Morgan fingerprint density at radius 2 is 1.44 bits per heavy atom. The fourth-order valence-corrected chi connectivity index (χ4v) is 13.7. The lowest BCUT2D eigenvalue weighted by atomic mass is 9.47. The lowest BCUT2D eigenvalue weighted by molar-refractivity contribution is -0.426. The van der Waals surface area contributed by atoms with Crippen LogP contribution in [0.3, 0.4) is 0 Å². The Hall–Kier alpha value is -1.32. The standard InChI is InChI=1S/C45H74O20S/c1-19(2)15-23(46)18-44(8,53)30-10-9-26-25-17-29(28-16-24(65-66(56,57)58)11-13-42(28,6)27(25)12-14-43(26,30)7)62-40-36(52)38(45(54,55)22(5)61-40)64-41-37(34(50)32(48)21(4)60-41)63-39-35(51)33(49)31(47)20(3)59-39/h12,19-22,24-26,28-41,47-55H,9-11,13-18H2,1-8H3,(H,56,57,58)/t20?,21?,22?,24?,25?,26?,28-,29+,30?,31?,32?,33?,34?,35?,36?,37?,38?,39?,40?,41?,42?,43?,44+/m1/s1. The molecular weight excluding hydrogens is 893 g/mol. The number of hydrogen-bond acceptors (Lipinski definition) is 19. The highest BCUT2D eigenvalue weighted by Gasteiger charge is 2.64. The molecular formula is C45H74O20S. The van der Waals surface area contributed by atoms with Gasteiger partial charge < -0.3 is 74.4 Å². The largest absolute Gasteiger partial charge is 0.397 e. The molecule has 0 amide bonds. The van der Waals surface area contributed by atoms with Crippen LogP contribution in [0.25, 0.3) is 0 Å². The smallest absolute Gasteiger partial charge is 0.389 e. The van der Waals surface area contributed by atoms with Gasteiger partial charge in [-0.1, -0.05) is 39.3 Å². The average molecular weight is 967 g/mol. The van der Waals surface area contributed by atoms with Crippen molar-refractivity contribution in [2.24, 2.45) is 40.4 Å². The molecule has 20 nitrogen and oxygen atoms in total. The van der Waals surface area contributed by atoms with Gasteiger partial charge in [0, 0.05) is 12.8 Å². The summed E-state index contributed by atoms with van der Waals surface area (Å²) in [6.07, 6.45) is -18.9. The zero-order chi connectivity index (χ0) is 48.8. The molecule has 0 bridgehead atoms. The highest BCUT2D eigenvalue weighted by atomic mass is 32.3. The van der Waals surface area contributed by atoms with E-state index in [4.69, 9.17) is 32.6 Å². The molecule has 380 valence electrons. The number of carbonyl (C=O) groups excluding carboxylic acids is 1. The van der Waals surface area contributed by atoms with Crippen LogP contribution >= 0.6 is 0 Å². The molecule has 23 atom stereocenters. The Labute approximate surface area is 386 Å². The Kier molecular flexibility index (Phi) is 15.1. The quantitative estimate of drug-likeness (QED) is 0.0677. The molecule has 3 aliphatic heterocycles. The molecule has 3 saturated heterocycles. The number of Topliss-reactive ketones (excluding diaryl/α,β-unsaturated/α-hetero) is 1. The number of hydrogen-bond donors (Lipinski definition) is 10. The second-order valence-electron chi connectivity index (χ2n) is 21.7. The lowest BCUT2D eigenvalue weighted by Gasteiger charge is -2.60. The molecule has 0 radical (unpaired) electrons. The minimum absolute atomic E-state index is 0.00500. The highest BCUT2D eigenvalue weighted by Crippen LogP contribution is 2.67. The van der Waals surface area contributed by atoms with Crippen molar-refractivity contribution in [2.75, 3.05) is 0 Å². The molecule has 10 N–H and O–H groups in total. The summed E-state index contributed by atoms with van der Waals surface area (Å²) in [6.45, 7) is 14.1. The van der Waals surface area contributed by atoms with Crippen molar-refractivity contribution >= 4 is 16.2 Å². The molecule has 0 aromatic rings. The normalized spacial score (nSPS) is 49.3. The zero-order valence-corrected chi connectivity index (χ0v) is 39.8. The van der Waals surface area contributed by atoms with E-state index in [2.05, 4.69) is 19.9 Å². The number of aliphatic hydroxyl groups is 9. The van der Waals surface area contributed by atoms with Crippen molar-refractivity contribution < 1.29 is 96.3 Å². The predicted octanol–water partition coefficient (Wildman–Crippen LogP) is 0.356. The molecule has 0 spiro atoms. The van der Waals surface area contributed by atoms with Crippen LogP contribution in [0.1, 0.15) is 113 Å². The molecule has 20 unspecified atom stereocenters. The van der Waals surface area contributed by atoms with Gasteiger partial charge in [-0.2, -0.15) is 8.42 Å². The van der Waals surface area contributed by atoms with Crippen LogP contribution in [-0.4, -0.2) is 174 Å². The van der Waals surface area contributed by atoms with E-state index in [1.807, 2.05) is 13.8 Å². The minimum Gasteiger partial charge on any atom is -0.389 e. The van der Waals surface area contributed by atoms with Crippen molar-refractivity contribution in [1.82, 2.24) is 0 Å². The SMILES string of the molecule is CC(C)CC(=O)C[C@](C)(O)C1CCC2C3C[C@H](OC4OC(C)C(O)(O)C(OC5OC(C)C(O)C(O)C5OC5OC(C)C(O)C(O)C5O)C4O)[C@H]4CC(OS(=O)(=O)O)CCC4(C)C3=CCC21C. The molecule has 7 rings (SSSR count). The van der Waals surface area contributed by atoms with Gasteiger partial charge in [0.2, 0.25) is 5.79 Å². The summed E-state index contributed by atoms with van der Waals surface area (Å²) in [5.41, 5.74) is -1.13. The Balaban J connectivity index is 1.17. The van der Waals surface area contributed by atoms with Gasteiger partial charge in [-0.3, -0.25) is 9.35 Å². The van der Waals surface area contributed by atoms with E-state index < -0.39 is 137 Å². The van der Waals surface area contributed by atoms with E-state index in [0.29, 0.717) is 38.5 Å². The molecule has 4 aliphatic carbocycles. The van der Waals surface area contributed by atoms with Gasteiger partial charge in [0.1, 0.15) is 60.7 Å². The number of rotatable bonds is 13. The number of ether oxygens (including phenoxy) is 6. The molecule has 0 aromatic heterocycles. The second-order valence-corrected chi connectivity index (χ2v) is 22.7. The van der Waals surface area contributed by atoms with E-state index >= 15 is 0 Å². The number of ketones is 1. The first kappa shape index (κ1) is 52.5. The Bertz CT molecular complexity index is 1880. The van der Waals surface area contributed by atoms with E-state index in [0.717, 1.165) is 6.42 Å². The maximum atomic E-state index is 13.1.